The molecule has 4 heterocycles. The van der Waals surface area contributed by atoms with Crippen molar-refractivity contribution in [1.82, 2.24) is 14.5 Å². The number of hydrogen-bond acceptors (Lipinski definition) is 4. The minimum atomic E-state index is 0.174. The summed E-state index contributed by atoms with van der Waals surface area (Å²) in [5.74, 6) is 2.04. The van der Waals surface area contributed by atoms with Crippen LogP contribution in [-0.2, 0) is 0 Å². The molecule has 0 amide bonds. The molecule has 1 aromatic carbocycles. The first-order valence-corrected chi connectivity index (χ1v) is 11.9. The number of halogens is 1. The van der Waals surface area contributed by atoms with E-state index in [2.05, 4.69) is 71.3 Å². The topological polar surface area (TPSA) is 57.7 Å². The average Bonchev–Trinajstić information content (AvgIpc) is 3.11. The molecule has 2 fully saturated rings. The zero-order chi connectivity index (χ0) is 22.0. The minimum absolute atomic E-state index is 0.174. The second-order valence-corrected chi connectivity index (χ2v) is 10.2. The maximum Gasteiger partial charge on any atom is 0.150 e. The van der Waals surface area contributed by atoms with Gasteiger partial charge in [0.2, 0.25) is 0 Å². The Balaban J connectivity index is 1.76. The number of piperidine rings is 1. The van der Waals surface area contributed by atoms with E-state index in [1.54, 1.807) is 0 Å². The van der Waals surface area contributed by atoms with Gasteiger partial charge in [0.1, 0.15) is 11.6 Å². The van der Waals surface area contributed by atoms with Gasteiger partial charge in [-0.25, -0.2) is 9.97 Å². The van der Waals surface area contributed by atoms with Crippen LogP contribution in [0.25, 0.3) is 16.7 Å². The predicted molar refractivity (Wildman–Crippen MR) is 128 cm³/mol. The number of aryl methyl sites for hydroxylation is 4. The summed E-state index contributed by atoms with van der Waals surface area (Å²) in [5.41, 5.74) is 7.10. The molecule has 0 N–H and O–H groups in total. The molecular formula is C25H28BrN5. The number of aromatic nitrogens is 3. The molecule has 3 aromatic rings. The summed E-state index contributed by atoms with van der Waals surface area (Å²) in [6.45, 7) is 10.7. The molecule has 0 aliphatic carbocycles. The highest BCUT2D eigenvalue weighted by Gasteiger charge is 2.42. The first-order chi connectivity index (χ1) is 14.8. The predicted octanol–water partition coefficient (Wildman–Crippen LogP) is 6.00. The first kappa shape index (κ1) is 20.5. The summed E-state index contributed by atoms with van der Waals surface area (Å²) in [6, 6.07) is 7.67. The van der Waals surface area contributed by atoms with Crippen LogP contribution in [0.4, 0.5) is 5.82 Å². The van der Waals surface area contributed by atoms with Gasteiger partial charge in [-0.3, -0.25) is 4.57 Å². The second kappa shape index (κ2) is 7.34. The molecule has 2 unspecified atom stereocenters. The maximum absolute atomic E-state index is 9.51. The summed E-state index contributed by atoms with van der Waals surface area (Å²) < 4.78 is 3.42. The van der Waals surface area contributed by atoms with E-state index in [0.29, 0.717) is 12.1 Å². The van der Waals surface area contributed by atoms with E-state index in [0.717, 1.165) is 52.8 Å². The van der Waals surface area contributed by atoms with E-state index in [1.165, 1.54) is 28.1 Å². The Morgan fingerprint density at radius 1 is 1.00 bits per heavy atom. The van der Waals surface area contributed by atoms with Gasteiger partial charge in [-0.2, -0.15) is 5.26 Å². The van der Waals surface area contributed by atoms with Gasteiger partial charge in [0.15, 0.2) is 5.65 Å². The van der Waals surface area contributed by atoms with Crippen LogP contribution >= 0.6 is 15.9 Å². The zero-order valence-corrected chi connectivity index (χ0v) is 20.4. The summed E-state index contributed by atoms with van der Waals surface area (Å²) >= 11 is 3.63. The molecule has 0 saturated carbocycles. The first-order valence-electron chi connectivity index (χ1n) is 11.1. The van der Waals surface area contributed by atoms with Crippen molar-refractivity contribution >= 4 is 32.8 Å². The Labute approximate surface area is 192 Å². The van der Waals surface area contributed by atoms with Crippen molar-refractivity contribution in [1.29, 1.82) is 5.26 Å². The molecule has 2 aromatic heterocycles. The fraction of sp³-hybridized carbons (Fsp3) is 0.480. The van der Waals surface area contributed by atoms with Crippen molar-refractivity contribution in [3.05, 3.63) is 44.8 Å². The Morgan fingerprint density at radius 3 is 2.19 bits per heavy atom. The zero-order valence-electron chi connectivity index (χ0n) is 18.8. The van der Waals surface area contributed by atoms with Crippen LogP contribution in [-0.4, -0.2) is 26.6 Å². The van der Waals surface area contributed by atoms with Crippen molar-refractivity contribution in [2.45, 2.75) is 72.4 Å². The number of hydrogen-bond donors (Lipinski definition) is 0. The molecule has 5 nitrogen and oxygen atoms in total. The van der Waals surface area contributed by atoms with Crippen LogP contribution in [0.1, 0.15) is 53.9 Å². The summed E-state index contributed by atoms with van der Waals surface area (Å²) in [5, 5.41) is 10.7. The lowest BCUT2D eigenvalue weighted by atomic mass is 9.91. The SMILES string of the molecule is Cc1nc(N2C3CCC2CC(C#N)C3)c2c(C)c(C)n(-c3c(C)cc(Br)cc3C)c2n1. The highest BCUT2D eigenvalue weighted by molar-refractivity contribution is 9.10. The third-order valence-corrected chi connectivity index (χ3v) is 7.75. The van der Waals surface area contributed by atoms with Crippen LogP contribution in [0.3, 0.4) is 0 Å². The molecule has 31 heavy (non-hydrogen) atoms. The van der Waals surface area contributed by atoms with Gasteiger partial charge < -0.3 is 4.90 Å². The summed E-state index contributed by atoms with van der Waals surface area (Å²) in [7, 11) is 0. The molecule has 2 aliphatic heterocycles. The van der Waals surface area contributed by atoms with E-state index < -0.39 is 0 Å². The van der Waals surface area contributed by atoms with Crippen LogP contribution in [0, 0.1) is 51.9 Å². The number of fused-ring (bicyclic) bond motifs is 3. The number of nitriles is 1. The second-order valence-electron chi connectivity index (χ2n) is 9.32. The standard InChI is InChI=1S/C25H28BrN5/c1-13-8-19(26)9-14(2)23(13)30-16(4)15(3)22-24(30)28-17(5)29-25(22)31-20-6-7-21(31)11-18(10-20)12-27/h8-9,18,20-21H,6-7,10-11H2,1-5H3. The molecule has 2 bridgehead atoms. The maximum atomic E-state index is 9.51. The fourth-order valence-electron chi connectivity index (χ4n) is 5.89. The molecule has 2 saturated heterocycles. The van der Waals surface area contributed by atoms with Crippen LogP contribution < -0.4 is 4.90 Å². The minimum Gasteiger partial charge on any atom is -0.350 e. The van der Waals surface area contributed by atoms with Crippen LogP contribution in [0.2, 0.25) is 0 Å². The van der Waals surface area contributed by atoms with Gasteiger partial charge in [0.05, 0.1) is 23.1 Å². The Kier molecular flexibility index (Phi) is 4.86. The number of nitrogens with zero attached hydrogens (tertiary/aromatic N) is 5. The average molecular weight is 478 g/mol. The molecular weight excluding hydrogens is 450 g/mol. The van der Waals surface area contributed by atoms with E-state index in [9.17, 15) is 5.26 Å². The van der Waals surface area contributed by atoms with Crippen LogP contribution in [0.5, 0.6) is 0 Å². The van der Waals surface area contributed by atoms with Gasteiger partial charge in [-0.1, -0.05) is 15.9 Å². The monoisotopic (exact) mass is 477 g/mol. The lowest BCUT2D eigenvalue weighted by molar-refractivity contribution is 0.399. The molecule has 0 spiro atoms. The quantitative estimate of drug-likeness (QED) is 0.454. The third-order valence-electron chi connectivity index (χ3n) is 7.29. The van der Waals surface area contributed by atoms with Gasteiger partial charge >= 0.3 is 0 Å². The van der Waals surface area contributed by atoms with E-state index >= 15 is 0 Å². The van der Waals surface area contributed by atoms with Crippen molar-refractivity contribution < 1.29 is 0 Å². The van der Waals surface area contributed by atoms with Crippen molar-refractivity contribution in [3.63, 3.8) is 0 Å². The Morgan fingerprint density at radius 2 is 1.61 bits per heavy atom. The lowest BCUT2D eigenvalue weighted by Gasteiger charge is -2.38. The number of rotatable bonds is 2. The van der Waals surface area contributed by atoms with Crippen molar-refractivity contribution in [2.24, 2.45) is 5.92 Å². The fourth-order valence-corrected chi connectivity index (χ4v) is 6.58. The third kappa shape index (κ3) is 3.09. The van der Waals surface area contributed by atoms with Gasteiger partial charge in [-0.05, 0) is 89.1 Å². The van der Waals surface area contributed by atoms with E-state index in [-0.39, 0.29) is 5.92 Å². The van der Waals surface area contributed by atoms with Gasteiger partial charge in [0.25, 0.3) is 0 Å². The highest BCUT2D eigenvalue weighted by Crippen LogP contribution is 2.44. The Hall–Kier alpha value is -2.39. The van der Waals surface area contributed by atoms with E-state index in [1.807, 2.05) is 6.92 Å². The highest BCUT2D eigenvalue weighted by atomic mass is 79.9. The molecule has 0 radical (unpaired) electrons. The smallest absolute Gasteiger partial charge is 0.150 e. The molecule has 2 aliphatic rings. The van der Waals surface area contributed by atoms with Crippen molar-refractivity contribution in [3.8, 4) is 11.8 Å². The Bertz CT molecular complexity index is 1210. The molecule has 5 rings (SSSR count). The molecule has 2 atom stereocenters. The normalized spacial score (nSPS) is 22.9. The van der Waals surface area contributed by atoms with Gasteiger partial charge in [0, 0.05) is 22.3 Å². The van der Waals surface area contributed by atoms with Crippen LogP contribution in [0.15, 0.2) is 16.6 Å². The lowest BCUT2D eigenvalue weighted by Crippen LogP contribution is -2.43. The largest absolute Gasteiger partial charge is 0.350 e. The van der Waals surface area contributed by atoms with Crippen molar-refractivity contribution in [2.75, 3.05) is 4.90 Å². The molecule has 6 heteroatoms. The van der Waals surface area contributed by atoms with Gasteiger partial charge in [-0.15, -0.1) is 0 Å². The van der Waals surface area contributed by atoms with E-state index in [4.69, 9.17) is 9.97 Å². The summed E-state index contributed by atoms with van der Waals surface area (Å²) in [6.07, 6.45) is 4.19. The number of anilines is 1. The summed E-state index contributed by atoms with van der Waals surface area (Å²) in [4.78, 5) is 12.5. The number of benzene rings is 1. The molecule has 160 valence electrons.